The second kappa shape index (κ2) is 5.66. The zero-order chi connectivity index (χ0) is 15.0. The zero-order valence-corrected chi connectivity index (χ0v) is 12.9. The van der Waals surface area contributed by atoms with Gasteiger partial charge in [-0.25, -0.2) is 4.98 Å². The molecule has 0 spiro atoms. The van der Waals surface area contributed by atoms with E-state index in [9.17, 15) is 4.79 Å². The molecule has 1 amide bonds. The lowest BCUT2D eigenvalue weighted by atomic mass is 10.1. The third-order valence-corrected chi connectivity index (χ3v) is 4.32. The molecule has 1 aliphatic heterocycles. The van der Waals surface area contributed by atoms with Gasteiger partial charge in [0, 0.05) is 26.1 Å². The van der Waals surface area contributed by atoms with Crippen molar-refractivity contribution in [2.24, 2.45) is 0 Å². The Morgan fingerprint density at radius 2 is 2.00 bits per heavy atom. The maximum atomic E-state index is 11.7. The van der Waals surface area contributed by atoms with Gasteiger partial charge in [0.05, 0.1) is 27.3 Å². The standard InChI is InChI=1S/C14H14Cl2N4O/c1-20-3-2-8(4-14(20)21)18-13-7-17-11-5-9(15)10(16)6-12(11)19-13/h5-8H,2-4H2,1H3,(H,18,19). The monoisotopic (exact) mass is 324 g/mol. The van der Waals surface area contributed by atoms with Crippen LogP contribution in [-0.2, 0) is 4.79 Å². The van der Waals surface area contributed by atoms with Crippen molar-refractivity contribution in [3.63, 3.8) is 0 Å². The van der Waals surface area contributed by atoms with Gasteiger partial charge < -0.3 is 10.2 Å². The predicted molar refractivity (Wildman–Crippen MR) is 83.8 cm³/mol. The number of likely N-dealkylation sites (tertiary alicyclic amines) is 1. The molecular formula is C14H14Cl2N4O. The number of fused-ring (bicyclic) bond motifs is 1. The first-order valence-electron chi connectivity index (χ1n) is 6.65. The van der Waals surface area contributed by atoms with E-state index in [4.69, 9.17) is 23.2 Å². The number of nitrogens with zero attached hydrogens (tertiary/aromatic N) is 3. The number of piperidine rings is 1. The first-order chi connectivity index (χ1) is 10.0. The molecule has 0 bridgehead atoms. The van der Waals surface area contributed by atoms with Gasteiger partial charge in [-0.1, -0.05) is 23.2 Å². The number of anilines is 1. The van der Waals surface area contributed by atoms with Crippen molar-refractivity contribution in [3.05, 3.63) is 28.4 Å². The van der Waals surface area contributed by atoms with Crippen molar-refractivity contribution >= 4 is 46.0 Å². The number of amides is 1. The van der Waals surface area contributed by atoms with Gasteiger partial charge in [-0.3, -0.25) is 9.78 Å². The molecule has 1 aliphatic rings. The minimum absolute atomic E-state index is 0.0863. The largest absolute Gasteiger partial charge is 0.365 e. The summed E-state index contributed by atoms with van der Waals surface area (Å²) >= 11 is 12.0. The van der Waals surface area contributed by atoms with Crippen molar-refractivity contribution < 1.29 is 4.79 Å². The van der Waals surface area contributed by atoms with E-state index in [0.29, 0.717) is 33.3 Å². The minimum Gasteiger partial charge on any atom is -0.365 e. The topological polar surface area (TPSA) is 58.1 Å². The fourth-order valence-electron chi connectivity index (χ4n) is 2.35. The summed E-state index contributed by atoms with van der Waals surface area (Å²) in [5.74, 6) is 0.783. The first kappa shape index (κ1) is 14.4. The molecule has 5 nitrogen and oxygen atoms in total. The molecule has 1 unspecified atom stereocenters. The molecule has 0 radical (unpaired) electrons. The van der Waals surface area contributed by atoms with Crippen LogP contribution in [0.3, 0.4) is 0 Å². The van der Waals surface area contributed by atoms with E-state index < -0.39 is 0 Å². The van der Waals surface area contributed by atoms with Crippen LogP contribution in [0.4, 0.5) is 5.82 Å². The maximum Gasteiger partial charge on any atom is 0.224 e. The Labute approximate surface area is 132 Å². The van der Waals surface area contributed by atoms with Crippen LogP contribution >= 0.6 is 23.2 Å². The number of carbonyl (C=O) groups excluding carboxylic acids is 1. The first-order valence-corrected chi connectivity index (χ1v) is 7.41. The second-order valence-corrected chi connectivity index (χ2v) is 5.97. The van der Waals surface area contributed by atoms with E-state index in [1.54, 1.807) is 23.2 Å². The summed E-state index contributed by atoms with van der Waals surface area (Å²) in [6.45, 7) is 0.749. The smallest absolute Gasteiger partial charge is 0.224 e. The van der Waals surface area contributed by atoms with Gasteiger partial charge in [0.2, 0.25) is 5.91 Å². The van der Waals surface area contributed by atoms with Gasteiger partial charge in [-0.15, -0.1) is 0 Å². The van der Waals surface area contributed by atoms with Crippen LogP contribution in [-0.4, -0.2) is 40.4 Å². The molecule has 1 fully saturated rings. The van der Waals surface area contributed by atoms with Crippen molar-refractivity contribution in [1.82, 2.24) is 14.9 Å². The fourth-order valence-corrected chi connectivity index (χ4v) is 2.67. The predicted octanol–water partition coefficient (Wildman–Crippen LogP) is 2.97. The summed E-state index contributed by atoms with van der Waals surface area (Å²) in [4.78, 5) is 22.2. The third-order valence-electron chi connectivity index (χ3n) is 3.60. The average molecular weight is 325 g/mol. The molecule has 1 N–H and O–H groups in total. The SMILES string of the molecule is CN1CCC(Nc2cnc3cc(Cl)c(Cl)cc3n2)CC1=O. The van der Waals surface area contributed by atoms with Crippen molar-refractivity contribution in [2.45, 2.75) is 18.9 Å². The van der Waals surface area contributed by atoms with Crippen LogP contribution in [0.1, 0.15) is 12.8 Å². The minimum atomic E-state index is 0.0863. The molecule has 1 saturated heterocycles. The highest BCUT2D eigenvalue weighted by Gasteiger charge is 2.23. The number of hydrogen-bond acceptors (Lipinski definition) is 4. The van der Waals surface area contributed by atoms with Crippen molar-refractivity contribution in [2.75, 3.05) is 18.9 Å². The number of hydrogen-bond donors (Lipinski definition) is 1. The number of aromatic nitrogens is 2. The van der Waals surface area contributed by atoms with Crippen LogP contribution in [0.15, 0.2) is 18.3 Å². The Kier molecular flexibility index (Phi) is 3.87. The second-order valence-electron chi connectivity index (χ2n) is 5.16. The molecule has 21 heavy (non-hydrogen) atoms. The molecule has 0 aliphatic carbocycles. The number of nitrogens with one attached hydrogen (secondary N) is 1. The summed E-state index contributed by atoms with van der Waals surface area (Å²) < 4.78 is 0. The van der Waals surface area contributed by atoms with Crippen LogP contribution in [0.2, 0.25) is 10.0 Å². The molecule has 1 aromatic heterocycles. The number of rotatable bonds is 2. The molecule has 3 rings (SSSR count). The number of halogens is 2. The number of benzene rings is 1. The van der Waals surface area contributed by atoms with E-state index >= 15 is 0 Å². The highest BCUT2D eigenvalue weighted by molar-refractivity contribution is 6.42. The van der Waals surface area contributed by atoms with Gasteiger partial charge >= 0.3 is 0 Å². The maximum absolute atomic E-state index is 11.7. The van der Waals surface area contributed by atoms with Gasteiger partial charge in [-0.2, -0.15) is 0 Å². The number of carbonyl (C=O) groups is 1. The van der Waals surface area contributed by atoms with Gasteiger partial charge in [0.1, 0.15) is 5.82 Å². The average Bonchev–Trinajstić information content (AvgIpc) is 2.44. The summed E-state index contributed by atoms with van der Waals surface area (Å²) in [5.41, 5.74) is 1.36. The molecule has 2 heterocycles. The van der Waals surface area contributed by atoms with Crippen LogP contribution in [0.25, 0.3) is 11.0 Å². The van der Waals surface area contributed by atoms with Crippen molar-refractivity contribution in [3.8, 4) is 0 Å². The lowest BCUT2D eigenvalue weighted by molar-refractivity contribution is -0.132. The van der Waals surface area contributed by atoms with Gasteiger partial charge in [0.15, 0.2) is 0 Å². The lowest BCUT2D eigenvalue weighted by Crippen LogP contribution is -2.41. The molecule has 110 valence electrons. The van der Waals surface area contributed by atoms with Crippen LogP contribution in [0, 0.1) is 0 Å². The van der Waals surface area contributed by atoms with Crippen LogP contribution < -0.4 is 5.32 Å². The van der Waals surface area contributed by atoms with Crippen LogP contribution in [0.5, 0.6) is 0 Å². The molecule has 0 saturated carbocycles. The summed E-state index contributed by atoms with van der Waals surface area (Å²) in [5, 5.41) is 4.17. The highest BCUT2D eigenvalue weighted by Crippen LogP contribution is 2.26. The molecule has 1 atom stereocenters. The zero-order valence-electron chi connectivity index (χ0n) is 11.4. The van der Waals surface area contributed by atoms with Gasteiger partial charge in [-0.05, 0) is 18.6 Å². The Morgan fingerprint density at radius 3 is 2.71 bits per heavy atom. The van der Waals surface area contributed by atoms with Gasteiger partial charge in [0.25, 0.3) is 0 Å². The third kappa shape index (κ3) is 3.04. The Morgan fingerprint density at radius 1 is 1.29 bits per heavy atom. The molecular weight excluding hydrogens is 311 g/mol. The summed E-state index contributed by atoms with van der Waals surface area (Å²) in [6.07, 6.45) is 3.01. The molecule has 2 aromatic rings. The summed E-state index contributed by atoms with van der Waals surface area (Å²) in [7, 11) is 1.82. The molecule has 7 heteroatoms. The Bertz CT molecular complexity index is 707. The van der Waals surface area contributed by atoms with E-state index in [-0.39, 0.29) is 11.9 Å². The van der Waals surface area contributed by atoms with E-state index in [1.807, 2.05) is 7.05 Å². The fraction of sp³-hybridized carbons (Fsp3) is 0.357. The van der Waals surface area contributed by atoms with Crippen molar-refractivity contribution in [1.29, 1.82) is 0 Å². The lowest BCUT2D eigenvalue weighted by Gasteiger charge is -2.29. The van der Waals surface area contributed by atoms with E-state index in [2.05, 4.69) is 15.3 Å². The quantitative estimate of drug-likeness (QED) is 0.922. The van der Waals surface area contributed by atoms with E-state index in [1.165, 1.54) is 0 Å². The molecule has 1 aromatic carbocycles. The van der Waals surface area contributed by atoms with E-state index in [0.717, 1.165) is 13.0 Å². The normalized spacial score (nSPS) is 19.1. The Balaban J connectivity index is 1.81. The highest BCUT2D eigenvalue weighted by atomic mass is 35.5. The Hall–Kier alpha value is -1.59. The summed E-state index contributed by atoms with van der Waals surface area (Å²) in [6, 6.07) is 3.47.